The van der Waals surface area contributed by atoms with Gasteiger partial charge in [0, 0.05) is 33.2 Å². The molecule has 4 rings (SSSR count). The summed E-state index contributed by atoms with van der Waals surface area (Å²) in [5.41, 5.74) is 1.71. The Morgan fingerprint density at radius 1 is 1.13 bits per heavy atom. The van der Waals surface area contributed by atoms with Crippen LogP contribution in [0.3, 0.4) is 0 Å². The molecular weight excluding hydrogens is 552 g/mol. The number of nitrogens with one attached hydrogen (secondary N) is 2. The van der Waals surface area contributed by atoms with Gasteiger partial charge in [0.05, 0.1) is 27.5 Å². The van der Waals surface area contributed by atoms with Crippen LogP contribution in [0.1, 0.15) is 42.4 Å². The van der Waals surface area contributed by atoms with Crippen LogP contribution in [0.4, 0.5) is 13.2 Å². The first-order valence-corrected chi connectivity index (χ1v) is 13.7. The number of amides is 2. The standard InChI is InChI=1S/C28H33Cl2F3N4O2/c1-34-27(20-7-8-22(29)23(30)16-20,18-36(2)25(39)17-28(31,32)33)11-14-37-12-9-26(10-13-37)21-6-4-3-5-19(21)15-24(38)35-26/h3-8,16,34H,9-15,17-18H2,1-2H3,(H,35,38). The summed E-state index contributed by atoms with van der Waals surface area (Å²) < 4.78 is 38.8. The average molecular weight is 585 g/mol. The summed E-state index contributed by atoms with van der Waals surface area (Å²) in [7, 11) is 3.11. The second-order valence-corrected chi connectivity index (χ2v) is 11.4. The van der Waals surface area contributed by atoms with E-state index in [4.69, 9.17) is 23.2 Å². The molecule has 1 spiro atoms. The average Bonchev–Trinajstić information content (AvgIpc) is 2.88. The molecule has 1 saturated heterocycles. The van der Waals surface area contributed by atoms with Gasteiger partial charge in [0.15, 0.2) is 0 Å². The molecule has 1 atom stereocenters. The molecule has 2 N–H and O–H groups in total. The maximum absolute atomic E-state index is 12.9. The van der Waals surface area contributed by atoms with Crippen molar-refractivity contribution in [3.05, 3.63) is 69.2 Å². The number of nitrogens with zero attached hydrogens (tertiary/aromatic N) is 2. The number of hydrogen-bond acceptors (Lipinski definition) is 4. The molecule has 2 amide bonds. The lowest BCUT2D eigenvalue weighted by Crippen LogP contribution is -2.57. The lowest BCUT2D eigenvalue weighted by atomic mass is 9.75. The Labute approximate surface area is 236 Å². The van der Waals surface area contributed by atoms with Crippen molar-refractivity contribution in [3.8, 4) is 0 Å². The molecule has 11 heteroatoms. The number of carbonyl (C=O) groups is 2. The summed E-state index contributed by atoms with van der Waals surface area (Å²) in [6, 6.07) is 13.2. The van der Waals surface area contributed by atoms with E-state index in [2.05, 4.69) is 21.6 Å². The van der Waals surface area contributed by atoms with Gasteiger partial charge in [-0.2, -0.15) is 13.2 Å². The normalized spacial score (nSPS) is 18.8. The first-order chi connectivity index (χ1) is 18.4. The fourth-order valence-electron chi connectivity index (χ4n) is 5.85. The van der Waals surface area contributed by atoms with E-state index in [1.807, 2.05) is 18.2 Å². The molecule has 0 radical (unpaired) electrons. The Bertz CT molecular complexity index is 1220. The van der Waals surface area contributed by atoms with Gasteiger partial charge in [-0.3, -0.25) is 9.59 Å². The number of benzene rings is 2. The first-order valence-electron chi connectivity index (χ1n) is 12.9. The molecule has 39 heavy (non-hydrogen) atoms. The van der Waals surface area contributed by atoms with Gasteiger partial charge < -0.3 is 20.4 Å². The molecule has 1 unspecified atom stereocenters. The minimum Gasteiger partial charge on any atom is -0.346 e. The number of fused-ring (bicyclic) bond motifs is 2. The van der Waals surface area contributed by atoms with Crippen LogP contribution >= 0.6 is 23.2 Å². The van der Waals surface area contributed by atoms with Gasteiger partial charge in [-0.05, 0) is 55.1 Å². The molecule has 0 saturated carbocycles. The minimum absolute atomic E-state index is 0.0115. The fourth-order valence-corrected chi connectivity index (χ4v) is 6.15. The van der Waals surface area contributed by atoms with E-state index >= 15 is 0 Å². The van der Waals surface area contributed by atoms with Crippen LogP contribution in [0.25, 0.3) is 0 Å². The number of hydrogen-bond donors (Lipinski definition) is 2. The largest absolute Gasteiger partial charge is 0.397 e. The zero-order chi connectivity index (χ0) is 28.4. The Kier molecular flexibility index (Phi) is 8.86. The highest BCUT2D eigenvalue weighted by Gasteiger charge is 2.43. The SMILES string of the molecule is CNC(CCN1CCC2(CC1)NC(=O)Cc1ccccc12)(CN(C)C(=O)CC(F)(F)F)c1ccc(Cl)c(Cl)c1. The highest BCUT2D eigenvalue weighted by Crippen LogP contribution is 2.39. The van der Waals surface area contributed by atoms with Crippen molar-refractivity contribution < 1.29 is 22.8 Å². The van der Waals surface area contributed by atoms with Crippen LogP contribution in [0.15, 0.2) is 42.5 Å². The number of likely N-dealkylation sites (N-methyl/N-ethyl adjacent to an activating group) is 2. The van der Waals surface area contributed by atoms with Crippen molar-refractivity contribution in [3.63, 3.8) is 0 Å². The molecule has 6 nitrogen and oxygen atoms in total. The van der Waals surface area contributed by atoms with Crippen LogP contribution in [0.5, 0.6) is 0 Å². The molecule has 0 aromatic heterocycles. The number of halogens is 5. The molecule has 2 aliphatic heterocycles. The van der Waals surface area contributed by atoms with E-state index < -0.39 is 29.6 Å². The maximum Gasteiger partial charge on any atom is 0.397 e. The molecule has 2 aromatic rings. The minimum atomic E-state index is -4.59. The Balaban J connectivity index is 1.51. The second-order valence-electron chi connectivity index (χ2n) is 10.6. The van der Waals surface area contributed by atoms with Crippen LogP contribution < -0.4 is 10.6 Å². The molecule has 0 bridgehead atoms. The van der Waals surface area contributed by atoms with Gasteiger partial charge >= 0.3 is 6.18 Å². The summed E-state index contributed by atoms with van der Waals surface area (Å²) in [6.45, 7) is 2.10. The molecular formula is C28H33Cl2F3N4O2. The van der Waals surface area contributed by atoms with Gasteiger partial charge in [-0.15, -0.1) is 0 Å². The zero-order valence-corrected chi connectivity index (χ0v) is 23.5. The van der Waals surface area contributed by atoms with Gasteiger partial charge in [-0.1, -0.05) is 53.5 Å². The lowest BCUT2D eigenvalue weighted by Gasteiger charge is -2.46. The summed E-state index contributed by atoms with van der Waals surface area (Å²) in [4.78, 5) is 28.3. The van der Waals surface area contributed by atoms with Crippen molar-refractivity contribution in [2.45, 2.75) is 49.4 Å². The predicted molar refractivity (Wildman–Crippen MR) is 146 cm³/mol. The topological polar surface area (TPSA) is 64.7 Å². The lowest BCUT2D eigenvalue weighted by molar-refractivity contribution is -0.161. The Hall–Kier alpha value is -2.33. The van der Waals surface area contributed by atoms with Crippen molar-refractivity contribution in [1.29, 1.82) is 0 Å². The van der Waals surface area contributed by atoms with Crippen LogP contribution in [0.2, 0.25) is 10.0 Å². The summed E-state index contributed by atoms with van der Waals surface area (Å²) >= 11 is 12.5. The summed E-state index contributed by atoms with van der Waals surface area (Å²) in [5, 5.41) is 7.21. The van der Waals surface area contributed by atoms with E-state index in [1.165, 1.54) is 12.6 Å². The van der Waals surface area contributed by atoms with Crippen LogP contribution in [-0.2, 0) is 27.1 Å². The van der Waals surface area contributed by atoms with E-state index in [0.29, 0.717) is 29.4 Å². The van der Waals surface area contributed by atoms with Gasteiger partial charge in [0.1, 0.15) is 6.42 Å². The van der Waals surface area contributed by atoms with E-state index in [0.717, 1.165) is 42.0 Å². The zero-order valence-electron chi connectivity index (χ0n) is 22.0. The van der Waals surface area contributed by atoms with Crippen molar-refractivity contribution >= 4 is 35.0 Å². The fraction of sp³-hybridized carbons (Fsp3) is 0.500. The summed E-state index contributed by atoms with van der Waals surface area (Å²) in [6.07, 6.45) is -3.73. The van der Waals surface area contributed by atoms with Gasteiger partial charge in [-0.25, -0.2) is 0 Å². The third-order valence-corrected chi connectivity index (χ3v) is 8.80. The molecule has 212 valence electrons. The molecule has 2 heterocycles. The molecule has 0 aliphatic carbocycles. The van der Waals surface area contributed by atoms with Crippen LogP contribution in [-0.4, -0.2) is 68.1 Å². The number of likely N-dealkylation sites (tertiary alicyclic amines) is 1. The number of rotatable bonds is 8. The molecule has 2 aliphatic rings. The molecule has 1 fully saturated rings. The Morgan fingerprint density at radius 2 is 1.82 bits per heavy atom. The summed E-state index contributed by atoms with van der Waals surface area (Å²) in [5.74, 6) is -0.976. The number of alkyl halides is 3. The van der Waals surface area contributed by atoms with E-state index in [1.54, 1.807) is 25.2 Å². The van der Waals surface area contributed by atoms with Crippen molar-refractivity contribution in [2.75, 3.05) is 40.3 Å². The van der Waals surface area contributed by atoms with Crippen molar-refractivity contribution in [1.82, 2.24) is 20.4 Å². The smallest absolute Gasteiger partial charge is 0.346 e. The third-order valence-electron chi connectivity index (χ3n) is 8.06. The third kappa shape index (κ3) is 6.70. The predicted octanol–water partition coefficient (Wildman–Crippen LogP) is 4.87. The second kappa shape index (κ2) is 11.6. The highest BCUT2D eigenvalue weighted by molar-refractivity contribution is 6.42. The number of piperidine rings is 1. The van der Waals surface area contributed by atoms with E-state index in [9.17, 15) is 22.8 Å². The quantitative estimate of drug-likeness (QED) is 0.464. The van der Waals surface area contributed by atoms with Gasteiger partial charge in [0.2, 0.25) is 11.8 Å². The van der Waals surface area contributed by atoms with Gasteiger partial charge in [0.25, 0.3) is 0 Å². The van der Waals surface area contributed by atoms with E-state index in [-0.39, 0.29) is 12.5 Å². The van der Waals surface area contributed by atoms with Crippen molar-refractivity contribution in [2.24, 2.45) is 0 Å². The van der Waals surface area contributed by atoms with Crippen LogP contribution in [0, 0.1) is 0 Å². The number of carbonyl (C=O) groups excluding carboxylic acids is 2. The maximum atomic E-state index is 12.9. The molecule has 2 aromatic carbocycles. The Morgan fingerprint density at radius 3 is 2.46 bits per heavy atom. The highest BCUT2D eigenvalue weighted by atomic mass is 35.5. The first kappa shape index (κ1) is 29.6. The monoisotopic (exact) mass is 584 g/mol.